The summed E-state index contributed by atoms with van der Waals surface area (Å²) in [6.45, 7) is 1.33. The SMILES string of the molecule is C[C@@H](O)CP(=O)(O)O. The lowest BCUT2D eigenvalue weighted by Crippen LogP contribution is -2.06. The third kappa shape index (κ3) is 6.11. The van der Waals surface area contributed by atoms with E-state index in [1.165, 1.54) is 6.92 Å². The molecule has 8 heavy (non-hydrogen) atoms. The maximum Gasteiger partial charge on any atom is 0.328 e. The third-order valence-electron chi connectivity index (χ3n) is 0.502. The van der Waals surface area contributed by atoms with Crippen LogP contribution in [0.15, 0.2) is 0 Å². The Balaban J connectivity index is 3.56. The second-order valence-corrected chi connectivity index (χ2v) is 3.39. The molecule has 0 saturated heterocycles. The second kappa shape index (κ2) is 2.60. The van der Waals surface area contributed by atoms with Crippen molar-refractivity contribution < 1.29 is 19.5 Å². The van der Waals surface area contributed by atoms with E-state index in [9.17, 15) is 4.57 Å². The number of rotatable bonds is 2. The van der Waals surface area contributed by atoms with Gasteiger partial charge in [-0.15, -0.1) is 0 Å². The van der Waals surface area contributed by atoms with Gasteiger partial charge in [-0.2, -0.15) is 0 Å². The molecule has 0 aliphatic carbocycles. The Kier molecular flexibility index (Phi) is 2.63. The molecule has 0 fully saturated rings. The molecule has 0 saturated carbocycles. The van der Waals surface area contributed by atoms with Gasteiger partial charge >= 0.3 is 7.60 Å². The minimum atomic E-state index is -3.97. The zero-order valence-electron chi connectivity index (χ0n) is 4.48. The van der Waals surface area contributed by atoms with E-state index in [0.717, 1.165) is 0 Å². The van der Waals surface area contributed by atoms with Crippen LogP contribution in [0.25, 0.3) is 0 Å². The van der Waals surface area contributed by atoms with Crippen LogP contribution in [0.3, 0.4) is 0 Å². The Labute approximate surface area is 47.3 Å². The molecule has 0 bridgehead atoms. The number of hydrogen-bond donors (Lipinski definition) is 3. The van der Waals surface area contributed by atoms with Gasteiger partial charge in [-0.3, -0.25) is 4.57 Å². The zero-order chi connectivity index (χ0) is 6.78. The molecule has 0 amide bonds. The summed E-state index contributed by atoms with van der Waals surface area (Å²) in [5.74, 6) is 0. The molecule has 4 nitrogen and oxygen atoms in total. The summed E-state index contributed by atoms with van der Waals surface area (Å²) in [6, 6.07) is 0. The Bertz CT molecular complexity index is 104. The molecule has 0 aliphatic heterocycles. The van der Waals surface area contributed by atoms with Crippen LogP contribution in [0.2, 0.25) is 0 Å². The molecule has 0 radical (unpaired) electrons. The van der Waals surface area contributed by atoms with Crippen molar-refractivity contribution in [3.63, 3.8) is 0 Å². The average Bonchev–Trinajstić information content (AvgIpc) is 1.21. The van der Waals surface area contributed by atoms with Crippen molar-refractivity contribution in [2.75, 3.05) is 6.16 Å². The van der Waals surface area contributed by atoms with Crippen molar-refractivity contribution in [3.8, 4) is 0 Å². The van der Waals surface area contributed by atoms with E-state index in [4.69, 9.17) is 14.9 Å². The molecule has 1 atom stereocenters. The van der Waals surface area contributed by atoms with E-state index < -0.39 is 19.9 Å². The predicted octanol–water partition coefficient (Wildman–Crippen LogP) is -0.455. The minimum Gasteiger partial charge on any atom is -0.393 e. The van der Waals surface area contributed by atoms with E-state index in [-0.39, 0.29) is 0 Å². The van der Waals surface area contributed by atoms with Gasteiger partial charge in [0.1, 0.15) is 0 Å². The maximum atomic E-state index is 9.98. The van der Waals surface area contributed by atoms with Crippen molar-refractivity contribution >= 4 is 7.60 Å². The van der Waals surface area contributed by atoms with Gasteiger partial charge in [0.15, 0.2) is 0 Å². The van der Waals surface area contributed by atoms with Crippen molar-refractivity contribution in [3.05, 3.63) is 0 Å². The van der Waals surface area contributed by atoms with Gasteiger partial charge in [0, 0.05) is 0 Å². The summed E-state index contributed by atoms with van der Waals surface area (Å²) in [4.78, 5) is 16.3. The van der Waals surface area contributed by atoms with Gasteiger partial charge in [-0.1, -0.05) is 0 Å². The number of hydrogen-bond acceptors (Lipinski definition) is 2. The van der Waals surface area contributed by atoms with Crippen molar-refractivity contribution in [2.24, 2.45) is 0 Å². The standard InChI is InChI=1S/C3H9O4P/c1-3(4)2-8(5,6)7/h3-4H,2H2,1H3,(H2,5,6,7)/t3-/m1/s1. The quantitative estimate of drug-likeness (QED) is 0.454. The van der Waals surface area contributed by atoms with E-state index in [1.54, 1.807) is 0 Å². The van der Waals surface area contributed by atoms with E-state index in [1.807, 2.05) is 0 Å². The molecule has 0 heterocycles. The fourth-order valence-electron chi connectivity index (χ4n) is 0.344. The predicted molar refractivity (Wildman–Crippen MR) is 28.6 cm³/mol. The molecule has 0 aromatic rings. The highest BCUT2D eigenvalue weighted by Crippen LogP contribution is 2.34. The van der Waals surface area contributed by atoms with E-state index >= 15 is 0 Å². The van der Waals surface area contributed by atoms with Crippen LogP contribution in [-0.2, 0) is 4.57 Å². The van der Waals surface area contributed by atoms with Gasteiger partial charge in [0.05, 0.1) is 12.3 Å². The molecule has 0 aliphatic rings. The minimum absolute atomic E-state index is 0.451. The third-order valence-corrected chi connectivity index (χ3v) is 1.51. The van der Waals surface area contributed by atoms with Crippen LogP contribution in [0.5, 0.6) is 0 Å². The summed E-state index contributed by atoms with van der Waals surface area (Å²) >= 11 is 0. The van der Waals surface area contributed by atoms with Crippen LogP contribution >= 0.6 is 7.60 Å². The van der Waals surface area contributed by atoms with Crippen LogP contribution in [0, 0.1) is 0 Å². The largest absolute Gasteiger partial charge is 0.393 e. The Hall–Kier alpha value is 0.110. The van der Waals surface area contributed by atoms with Gasteiger partial charge in [0.25, 0.3) is 0 Å². The molecule has 0 unspecified atom stereocenters. The van der Waals surface area contributed by atoms with Crippen molar-refractivity contribution in [2.45, 2.75) is 13.0 Å². The fraction of sp³-hybridized carbons (Fsp3) is 1.00. The fourth-order valence-corrected chi connectivity index (χ4v) is 1.03. The number of aliphatic hydroxyl groups is 1. The first-order chi connectivity index (χ1) is 3.42. The lowest BCUT2D eigenvalue weighted by atomic mass is 10.5. The monoisotopic (exact) mass is 140 g/mol. The van der Waals surface area contributed by atoms with Crippen LogP contribution in [0.1, 0.15) is 6.92 Å². The number of aliphatic hydroxyl groups excluding tert-OH is 1. The zero-order valence-corrected chi connectivity index (χ0v) is 5.38. The topological polar surface area (TPSA) is 77.8 Å². The van der Waals surface area contributed by atoms with Crippen molar-refractivity contribution in [1.29, 1.82) is 0 Å². The highest BCUT2D eigenvalue weighted by atomic mass is 31.2. The van der Waals surface area contributed by atoms with Crippen LogP contribution in [-0.4, -0.2) is 27.2 Å². The highest BCUT2D eigenvalue weighted by molar-refractivity contribution is 7.51. The van der Waals surface area contributed by atoms with Gasteiger partial charge < -0.3 is 14.9 Å². The molecular formula is C3H9O4P. The molecule has 50 valence electrons. The summed E-state index contributed by atoms with van der Waals surface area (Å²) in [7, 11) is -3.97. The Morgan fingerprint density at radius 2 is 2.00 bits per heavy atom. The normalized spacial score (nSPS) is 16.0. The second-order valence-electron chi connectivity index (χ2n) is 1.70. The smallest absolute Gasteiger partial charge is 0.328 e. The maximum absolute atomic E-state index is 9.98. The molecule has 5 heteroatoms. The van der Waals surface area contributed by atoms with E-state index in [0.29, 0.717) is 0 Å². The Morgan fingerprint density at radius 3 is 2.00 bits per heavy atom. The summed E-state index contributed by atoms with van der Waals surface area (Å²) in [5.41, 5.74) is 0. The van der Waals surface area contributed by atoms with Crippen LogP contribution in [0.4, 0.5) is 0 Å². The molecule has 0 aromatic carbocycles. The molecule has 0 rings (SSSR count). The molecule has 0 spiro atoms. The summed E-state index contributed by atoms with van der Waals surface area (Å²) < 4.78 is 9.98. The lowest BCUT2D eigenvalue weighted by Gasteiger charge is -2.03. The molecular weight excluding hydrogens is 131 g/mol. The van der Waals surface area contributed by atoms with Gasteiger partial charge in [0.2, 0.25) is 0 Å². The lowest BCUT2D eigenvalue weighted by molar-refractivity contribution is 0.208. The van der Waals surface area contributed by atoms with Crippen molar-refractivity contribution in [1.82, 2.24) is 0 Å². The first kappa shape index (κ1) is 8.11. The van der Waals surface area contributed by atoms with Crippen LogP contribution < -0.4 is 0 Å². The van der Waals surface area contributed by atoms with Gasteiger partial charge in [-0.05, 0) is 6.92 Å². The first-order valence-electron chi connectivity index (χ1n) is 2.14. The summed E-state index contributed by atoms with van der Waals surface area (Å²) in [6.07, 6.45) is -1.37. The van der Waals surface area contributed by atoms with E-state index in [2.05, 4.69) is 0 Å². The Morgan fingerprint density at radius 1 is 1.62 bits per heavy atom. The average molecular weight is 140 g/mol. The highest BCUT2D eigenvalue weighted by Gasteiger charge is 2.15. The first-order valence-corrected chi connectivity index (χ1v) is 3.94. The molecule has 0 aromatic heterocycles. The summed E-state index contributed by atoms with van der Waals surface area (Å²) in [5, 5.41) is 8.40. The molecule has 3 N–H and O–H groups in total. The van der Waals surface area contributed by atoms with Gasteiger partial charge in [-0.25, -0.2) is 0 Å².